The lowest BCUT2D eigenvalue weighted by Gasteiger charge is -2.31. The molecule has 2 fully saturated rings. The van der Waals surface area contributed by atoms with Crippen LogP contribution in [0.3, 0.4) is 0 Å². The van der Waals surface area contributed by atoms with Crippen LogP contribution in [0, 0.1) is 0 Å². The molecule has 0 bridgehead atoms. The molecule has 0 spiro atoms. The second-order valence-electron chi connectivity index (χ2n) is 9.82. The summed E-state index contributed by atoms with van der Waals surface area (Å²) in [5.74, 6) is 1.61. The monoisotopic (exact) mass is 543 g/mol. The number of aromatic nitrogens is 3. The van der Waals surface area contributed by atoms with E-state index in [1.165, 1.54) is 5.56 Å². The zero-order chi connectivity index (χ0) is 27.9. The molecular formula is C30H37N7O3. The molecule has 2 aliphatic rings. The van der Waals surface area contributed by atoms with Gasteiger partial charge >= 0.3 is 6.03 Å². The molecule has 4 heterocycles. The highest BCUT2D eigenvalue weighted by atomic mass is 16.5. The lowest BCUT2D eigenvalue weighted by Crippen LogP contribution is -2.37. The molecule has 0 saturated carbocycles. The van der Waals surface area contributed by atoms with E-state index in [0.717, 1.165) is 68.2 Å². The van der Waals surface area contributed by atoms with E-state index in [2.05, 4.69) is 50.6 Å². The fraction of sp³-hybridized carbons (Fsp3) is 0.400. The number of ether oxygens (including phenoxy) is 1. The van der Waals surface area contributed by atoms with E-state index < -0.39 is 6.03 Å². The molecule has 6 rings (SSSR count). The summed E-state index contributed by atoms with van der Waals surface area (Å²) in [5, 5.41) is 7.14. The van der Waals surface area contributed by atoms with E-state index in [-0.39, 0.29) is 5.92 Å². The molecule has 10 heteroatoms. The molecule has 0 aliphatic carbocycles. The van der Waals surface area contributed by atoms with E-state index >= 15 is 0 Å². The van der Waals surface area contributed by atoms with Gasteiger partial charge in [-0.25, -0.2) is 14.8 Å². The highest BCUT2D eigenvalue weighted by Gasteiger charge is 2.29. The predicted octanol–water partition coefficient (Wildman–Crippen LogP) is 5.02. The maximum absolute atomic E-state index is 11.2. The maximum Gasteiger partial charge on any atom is 0.316 e. The molecule has 2 amide bonds. The molecule has 2 aliphatic heterocycles. The van der Waals surface area contributed by atoms with Crippen molar-refractivity contribution in [2.45, 2.75) is 39.2 Å². The number of piperidine rings is 1. The van der Waals surface area contributed by atoms with Gasteiger partial charge in [0.25, 0.3) is 0 Å². The number of morpholine rings is 1. The van der Waals surface area contributed by atoms with Crippen LogP contribution in [-0.2, 0) is 11.3 Å². The van der Waals surface area contributed by atoms with Gasteiger partial charge in [-0.15, -0.1) is 0 Å². The topological polar surface area (TPSA) is 123 Å². The van der Waals surface area contributed by atoms with Gasteiger partial charge < -0.3 is 25.2 Å². The number of hydrogen-bond donors (Lipinski definition) is 2. The molecule has 210 valence electrons. The normalized spacial score (nSPS) is 16.4. The Morgan fingerprint density at radius 2 is 1.68 bits per heavy atom. The van der Waals surface area contributed by atoms with Crippen LogP contribution >= 0.6 is 0 Å². The number of amides is 2. The number of urea groups is 1. The number of nitrogens with two attached hydrogens (primary N) is 1. The number of carbonyl (C=O) groups excluding carboxylic acids is 1. The number of rotatable bonds is 6. The van der Waals surface area contributed by atoms with Crippen molar-refractivity contribution in [2.75, 3.05) is 49.6 Å². The maximum atomic E-state index is 11.2. The van der Waals surface area contributed by atoms with Crippen LogP contribution < -0.4 is 16.0 Å². The van der Waals surface area contributed by atoms with Gasteiger partial charge in [-0.2, -0.15) is 0 Å². The average Bonchev–Trinajstić information content (AvgIpc) is 3.43. The minimum atomic E-state index is -0.603. The quantitative estimate of drug-likeness (QED) is 0.348. The summed E-state index contributed by atoms with van der Waals surface area (Å²) >= 11 is 0. The Kier molecular flexibility index (Phi) is 8.87. The molecule has 3 N–H and O–H groups in total. The van der Waals surface area contributed by atoms with Gasteiger partial charge in [0.2, 0.25) is 5.58 Å². The summed E-state index contributed by atoms with van der Waals surface area (Å²) in [7, 11) is 0. The molecule has 10 nitrogen and oxygen atoms in total. The fourth-order valence-corrected chi connectivity index (χ4v) is 5.27. The Morgan fingerprint density at radius 3 is 2.35 bits per heavy atom. The molecule has 0 atom stereocenters. The number of nitrogens with one attached hydrogen (secondary N) is 1. The van der Waals surface area contributed by atoms with Gasteiger partial charge in [0.15, 0.2) is 11.6 Å². The molecule has 0 radical (unpaired) electrons. The minimum absolute atomic E-state index is 0.269. The molecule has 4 aromatic rings. The third-order valence-corrected chi connectivity index (χ3v) is 7.27. The fourth-order valence-electron chi connectivity index (χ4n) is 5.27. The first-order chi connectivity index (χ1) is 19.6. The number of hydrogen-bond acceptors (Lipinski definition) is 8. The molecule has 40 heavy (non-hydrogen) atoms. The lowest BCUT2D eigenvalue weighted by molar-refractivity contribution is 0.122. The minimum Gasteiger partial charge on any atom is -0.378 e. The first-order valence-corrected chi connectivity index (χ1v) is 14.1. The molecule has 0 unspecified atom stereocenters. The number of benzene rings is 2. The molecule has 2 aromatic carbocycles. The molecular weight excluding hydrogens is 506 g/mol. The molecule has 2 aromatic heterocycles. The van der Waals surface area contributed by atoms with E-state index in [1.54, 1.807) is 12.1 Å². The van der Waals surface area contributed by atoms with Crippen LogP contribution in [-0.4, -0.2) is 65.4 Å². The first-order valence-electron chi connectivity index (χ1n) is 14.1. The second-order valence-corrected chi connectivity index (χ2v) is 9.82. The highest BCUT2D eigenvalue weighted by molar-refractivity contribution is 5.89. The summed E-state index contributed by atoms with van der Waals surface area (Å²) in [6, 6.07) is 17.3. The van der Waals surface area contributed by atoms with Gasteiger partial charge in [0, 0.05) is 36.8 Å². The van der Waals surface area contributed by atoms with Crippen molar-refractivity contribution in [3.05, 3.63) is 65.9 Å². The van der Waals surface area contributed by atoms with E-state index in [1.807, 2.05) is 26.0 Å². The second kappa shape index (κ2) is 12.9. The largest absolute Gasteiger partial charge is 0.378 e. The molecule has 2 saturated heterocycles. The third-order valence-electron chi connectivity index (χ3n) is 7.27. The predicted molar refractivity (Wildman–Crippen MR) is 156 cm³/mol. The SMILES string of the molecule is CC.NC(=O)Nc1ccc(-c2nc(N3CCOCC3)c3onc(C4CCN(Cc5ccccc5)CC4)c3n2)cc1. The van der Waals surface area contributed by atoms with Crippen molar-refractivity contribution in [2.24, 2.45) is 5.73 Å². The van der Waals surface area contributed by atoms with Crippen LogP contribution in [0.15, 0.2) is 59.1 Å². The Hall–Kier alpha value is -4.02. The van der Waals surface area contributed by atoms with Crippen molar-refractivity contribution >= 4 is 28.6 Å². The Bertz CT molecular complexity index is 1390. The van der Waals surface area contributed by atoms with Crippen LogP contribution in [0.1, 0.15) is 43.9 Å². The van der Waals surface area contributed by atoms with Gasteiger partial charge in [-0.1, -0.05) is 49.3 Å². The summed E-state index contributed by atoms with van der Waals surface area (Å²) in [6.07, 6.45) is 1.99. The number of nitrogens with zero attached hydrogens (tertiary/aromatic N) is 5. The van der Waals surface area contributed by atoms with Crippen LogP contribution in [0.5, 0.6) is 0 Å². The lowest BCUT2D eigenvalue weighted by atomic mass is 9.92. The van der Waals surface area contributed by atoms with Gasteiger partial charge in [0.1, 0.15) is 11.2 Å². The zero-order valence-electron chi connectivity index (χ0n) is 23.2. The third kappa shape index (κ3) is 6.24. The highest BCUT2D eigenvalue weighted by Crippen LogP contribution is 2.36. The van der Waals surface area contributed by atoms with Gasteiger partial charge in [-0.05, 0) is 55.8 Å². The van der Waals surface area contributed by atoms with Crippen LogP contribution in [0.2, 0.25) is 0 Å². The van der Waals surface area contributed by atoms with E-state index in [9.17, 15) is 4.79 Å². The Balaban J connectivity index is 0.00000158. The number of likely N-dealkylation sites (tertiary alicyclic amines) is 1. The van der Waals surface area contributed by atoms with Gasteiger partial charge in [0.05, 0.1) is 13.2 Å². The van der Waals surface area contributed by atoms with Crippen LogP contribution in [0.4, 0.5) is 16.3 Å². The Labute approximate surface area is 234 Å². The van der Waals surface area contributed by atoms with Crippen molar-refractivity contribution in [3.63, 3.8) is 0 Å². The zero-order valence-corrected chi connectivity index (χ0v) is 23.2. The van der Waals surface area contributed by atoms with Crippen molar-refractivity contribution < 1.29 is 14.1 Å². The Morgan fingerprint density at radius 1 is 0.975 bits per heavy atom. The number of anilines is 2. The standard InChI is InChI=1S/C28H31N7O3.C2H6/c29-28(36)30-22-8-6-21(7-9-22)26-31-24-23(33-38-25(24)27(32-26)35-14-16-37-17-15-35)20-10-12-34(13-11-20)18-19-4-2-1-3-5-19;1-2/h1-9,20H,10-18H2,(H3,29,30,36);1-2H3. The number of primary amides is 1. The summed E-state index contributed by atoms with van der Waals surface area (Å²) < 4.78 is 11.5. The summed E-state index contributed by atoms with van der Waals surface area (Å²) in [6.45, 7) is 9.67. The van der Waals surface area contributed by atoms with E-state index in [0.29, 0.717) is 30.3 Å². The number of fused-ring (bicyclic) bond motifs is 1. The average molecular weight is 544 g/mol. The van der Waals surface area contributed by atoms with Crippen molar-refractivity contribution in [3.8, 4) is 11.4 Å². The van der Waals surface area contributed by atoms with Crippen molar-refractivity contribution in [1.29, 1.82) is 0 Å². The summed E-state index contributed by atoms with van der Waals surface area (Å²) in [4.78, 5) is 25.8. The van der Waals surface area contributed by atoms with Crippen LogP contribution in [0.25, 0.3) is 22.5 Å². The first kappa shape index (κ1) is 27.5. The smallest absolute Gasteiger partial charge is 0.316 e. The summed E-state index contributed by atoms with van der Waals surface area (Å²) in [5.41, 5.74) is 10.3. The van der Waals surface area contributed by atoms with E-state index in [4.69, 9.17) is 25.0 Å². The van der Waals surface area contributed by atoms with Crippen molar-refractivity contribution in [1.82, 2.24) is 20.0 Å². The number of carbonyl (C=O) groups is 1. The van der Waals surface area contributed by atoms with Gasteiger partial charge in [-0.3, -0.25) is 4.90 Å².